The van der Waals surface area contributed by atoms with E-state index in [9.17, 15) is 131 Å². The molecule has 34 heteroatoms. The summed E-state index contributed by atoms with van der Waals surface area (Å²) in [6, 6.07) is 6.99. The Labute approximate surface area is 491 Å². The summed E-state index contributed by atoms with van der Waals surface area (Å²) < 4.78 is 44.0. The van der Waals surface area contributed by atoms with Crippen LogP contribution in [0.25, 0.3) is 0 Å². The Morgan fingerprint density at radius 2 is 0.517 bits per heavy atom. The Morgan fingerprint density at radius 3 is 0.831 bits per heavy atom. The van der Waals surface area contributed by atoms with Crippen LogP contribution in [0.5, 0.6) is 121 Å². The van der Waals surface area contributed by atoms with Crippen LogP contribution in [-0.4, -0.2) is 176 Å². The van der Waals surface area contributed by atoms with Crippen molar-refractivity contribution in [3.05, 3.63) is 124 Å². The van der Waals surface area contributed by atoms with Crippen LogP contribution in [0.1, 0.15) is 72.5 Å². The first-order chi connectivity index (χ1) is 41.8. The zero-order chi connectivity index (χ0) is 65.4. The van der Waals surface area contributed by atoms with E-state index in [0.29, 0.717) is 84.9 Å². The average Bonchev–Trinajstić information content (AvgIpc) is 1.81. The summed E-state index contributed by atoms with van der Waals surface area (Å²) in [7, 11) is 0. The number of carbonyl (C=O) groups excluding carboxylic acids is 7. The third-order valence-electron chi connectivity index (χ3n) is 12.4. The molecule has 1 aliphatic rings. The van der Waals surface area contributed by atoms with E-state index >= 15 is 0 Å². The van der Waals surface area contributed by atoms with Gasteiger partial charge in [0.2, 0.25) is 23.9 Å². The molecule has 0 aliphatic carbocycles. The second kappa shape index (κ2) is 24.3. The minimum atomic E-state index is -2.81. The van der Waals surface area contributed by atoms with Gasteiger partial charge in [0.15, 0.2) is 121 Å². The number of ether oxygens (including phenoxy) is 8. The molecule has 7 aromatic carbocycles. The number of phenolic OH excluding ortho intramolecular Hbond substituents is 19. The van der Waals surface area contributed by atoms with Crippen LogP contribution in [-0.2, 0) is 28.4 Å². The van der Waals surface area contributed by atoms with Crippen LogP contribution in [0.15, 0.2) is 84.9 Å². The van der Waals surface area contributed by atoms with E-state index in [1.54, 1.807) is 0 Å². The largest absolute Gasteiger partial charge is 0.504 e. The second-order valence-electron chi connectivity index (χ2n) is 18.4. The lowest BCUT2D eigenvalue weighted by Gasteiger charge is -2.43. The Kier molecular flexibility index (Phi) is 16.9. The number of carbonyl (C=O) groups is 7. The van der Waals surface area contributed by atoms with Gasteiger partial charge in [-0.05, 0) is 84.9 Å². The molecule has 89 heavy (non-hydrogen) atoms. The summed E-state index contributed by atoms with van der Waals surface area (Å²) in [5, 5.41) is 194. The van der Waals surface area contributed by atoms with Gasteiger partial charge in [-0.1, -0.05) is 0 Å². The summed E-state index contributed by atoms with van der Waals surface area (Å²) in [5.41, 5.74) is -6.13. The van der Waals surface area contributed by atoms with Crippen molar-refractivity contribution in [2.75, 3.05) is 6.61 Å². The molecule has 34 nitrogen and oxygen atoms in total. The lowest BCUT2D eigenvalue weighted by molar-refractivity contribution is -0.282. The van der Waals surface area contributed by atoms with E-state index < -0.39 is 239 Å². The highest BCUT2D eigenvalue weighted by molar-refractivity contribution is 5.97. The van der Waals surface area contributed by atoms with Crippen molar-refractivity contribution in [2.45, 2.75) is 30.7 Å². The van der Waals surface area contributed by atoms with Gasteiger partial charge in [0, 0.05) is 0 Å². The van der Waals surface area contributed by atoms with E-state index in [4.69, 9.17) is 37.9 Å². The summed E-state index contributed by atoms with van der Waals surface area (Å²) in [5.74, 6) is -36.5. The van der Waals surface area contributed by atoms with Crippen molar-refractivity contribution < 1.29 is 168 Å². The van der Waals surface area contributed by atoms with Crippen LogP contribution in [0.3, 0.4) is 0 Å². The predicted octanol–water partition coefficient (Wildman–Crippen LogP) is 2.95. The third kappa shape index (κ3) is 12.9. The van der Waals surface area contributed by atoms with Gasteiger partial charge in [-0.3, -0.25) is 0 Å². The fraction of sp³-hybridized carbons (Fsp3) is 0.109. The van der Waals surface area contributed by atoms with Gasteiger partial charge in [0.1, 0.15) is 12.7 Å². The fourth-order valence-electron chi connectivity index (χ4n) is 8.00. The van der Waals surface area contributed by atoms with Crippen LogP contribution < -0.4 is 9.47 Å². The molecule has 0 aromatic heterocycles. The SMILES string of the molecule is O=C(OC[C@@H]1O[C@H](OC(=O)c2cc(O)c(O)c(O)c2)[C@@H](OC(=O)c2cc(O)c(O)c(OC(=O)c3cc(O)c(O)c(O)c3)c2)[C@H](OC(=O)c2cc(O)c(O)c(OC(=O)c3cc(O)c(O)c(O)c3)c2)[C@@H]1OC(=O)c1cc(O)c(O)c(O)c1)c1cc(O)c(O)c(O)c1. The van der Waals surface area contributed by atoms with Gasteiger partial charge in [0.05, 0.1) is 38.9 Å². The molecule has 0 radical (unpaired) electrons. The quantitative estimate of drug-likeness (QED) is 0.0304. The summed E-state index contributed by atoms with van der Waals surface area (Å²) in [6.45, 7) is -1.41. The van der Waals surface area contributed by atoms with Crippen LogP contribution in [0, 0.1) is 0 Å². The van der Waals surface area contributed by atoms with Gasteiger partial charge in [-0.25, -0.2) is 33.6 Å². The van der Waals surface area contributed by atoms with E-state index in [0.717, 1.165) is 0 Å². The maximum Gasteiger partial charge on any atom is 0.343 e. The highest BCUT2D eigenvalue weighted by atomic mass is 16.7. The Balaban J connectivity index is 1.29. The van der Waals surface area contributed by atoms with Gasteiger partial charge >= 0.3 is 41.8 Å². The lowest BCUT2D eigenvalue weighted by atomic mass is 9.97. The van der Waals surface area contributed by atoms with Crippen LogP contribution in [0.4, 0.5) is 0 Å². The maximum atomic E-state index is 14.7. The molecule has 0 spiro atoms. The number of benzene rings is 7. The van der Waals surface area contributed by atoms with Crippen molar-refractivity contribution in [1.82, 2.24) is 0 Å². The first kappa shape index (κ1) is 62.0. The van der Waals surface area contributed by atoms with Crippen LogP contribution >= 0.6 is 0 Å². The topological polar surface area (TPSA) is 578 Å². The minimum Gasteiger partial charge on any atom is -0.504 e. The van der Waals surface area contributed by atoms with E-state index in [1.165, 1.54) is 0 Å². The highest BCUT2D eigenvalue weighted by Crippen LogP contribution is 2.44. The molecule has 8 rings (SSSR count). The minimum absolute atomic E-state index is 0.405. The zero-order valence-electron chi connectivity index (χ0n) is 43.8. The highest BCUT2D eigenvalue weighted by Gasteiger charge is 2.55. The van der Waals surface area contributed by atoms with Crippen molar-refractivity contribution >= 4 is 41.8 Å². The molecule has 464 valence electrons. The molecule has 7 aromatic rings. The number of hydrogen-bond acceptors (Lipinski definition) is 34. The Bertz CT molecular complexity index is 3980. The maximum absolute atomic E-state index is 14.7. The van der Waals surface area contributed by atoms with Crippen molar-refractivity contribution in [3.63, 3.8) is 0 Å². The molecule has 1 saturated heterocycles. The molecule has 5 atom stereocenters. The molecular weight excluding hydrogens is 1200 g/mol. The number of hydrogen-bond donors (Lipinski definition) is 19. The average molecular weight is 1240 g/mol. The van der Waals surface area contributed by atoms with Gasteiger partial charge < -0.3 is 135 Å². The first-order valence-electron chi connectivity index (χ1n) is 24.3. The summed E-state index contributed by atoms with van der Waals surface area (Å²) in [6.07, 6.45) is -13.4. The molecule has 1 fully saturated rings. The molecule has 1 heterocycles. The second-order valence-corrected chi connectivity index (χ2v) is 18.4. The molecule has 0 amide bonds. The lowest BCUT2D eigenvalue weighted by Crippen LogP contribution is -2.63. The molecule has 19 N–H and O–H groups in total. The van der Waals surface area contributed by atoms with Gasteiger partial charge in [-0.2, -0.15) is 0 Å². The fourth-order valence-corrected chi connectivity index (χ4v) is 8.00. The van der Waals surface area contributed by atoms with Crippen molar-refractivity contribution in [3.8, 4) is 121 Å². The molecule has 1 aliphatic heterocycles. The van der Waals surface area contributed by atoms with E-state index in [1.807, 2.05) is 0 Å². The summed E-state index contributed by atoms with van der Waals surface area (Å²) >= 11 is 0. The van der Waals surface area contributed by atoms with Crippen LogP contribution in [0.2, 0.25) is 0 Å². The van der Waals surface area contributed by atoms with Crippen molar-refractivity contribution in [1.29, 1.82) is 0 Å². The van der Waals surface area contributed by atoms with E-state index in [2.05, 4.69) is 0 Å². The predicted molar refractivity (Wildman–Crippen MR) is 279 cm³/mol. The van der Waals surface area contributed by atoms with Gasteiger partial charge in [0.25, 0.3) is 0 Å². The zero-order valence-corrected chi connectivity index (χ0v) is 43.8. The monoisotopic (exact) mass is 1240 g/mol. The molecular formula is C55H40O34. The molecule has 0 bridgehead atoms. The molecule has 0 unspecified atom stereocenters. The number of phenols is 19. The number of aromatic hydroxyl groups is 19. The third-order valence-corrected chi connectivity index (χ3v) is 12.4. The normalized spacial score (nSPS) is 16.0. The standard InChI is InChI=1S/C55H40O34/c56-23-1-16(2-24(57)38(23)68)48(75)82-15-37-45(86-51(78)19-7-29(62)41(71)30(63)8-19)46(87-52(79)21-11-33(66)43(73)35(13-21)83-49(76)17-3-25(58)39(69)26(59)4-17)47(55(85-37)89-54(81)20-9-31(64)42(72)32(65)10-20)88-53(80)22-12-34(67)44(74)36(14-22)84-50(77)18-5-27(60)40(70)28(61)6-18/h1-14,37,45-47,55-74H,15H2/t37-,45+,46+,47-,55+/m0/s1. The number of rotatable bonds is 15. The van der Waals surface area contributed by atoms with Crippen molar-refractivity contribution in [2.24, 2.45) is 0 Å². The smallest absolute Gasteiger partial charge is 0.343 e. The molecule has 0 saturated carbocycles. The Hall–Kier alpha value is -13.0. The Morgan fingerprint density at radius 1 is 0.281 bits per heavy atom. The van der Waals surface area contributed by atoms with Gasteiger partial charge in [-0.15, -0.1) is 0 Å². The van der Waals surface area contributed by atoms with E-state index in [-0.39, 0.29) is 0 Å². The number of esters is 7. The summed E-state index contributed by atoms with van der Waals surface area (Å²) in [4.78, 5) is 97.6. The first-order valence-corrected chi connectivity index (χ1v) is 24.3.